The Bertz CT molecular complexity index is 1100. The molecule has 1 aromatic carbocycles. The molecular weight excluding hydrogens is 456 g/mol. The van der Waals surface area contributed by atoms with Crippen LogP contribution in [0.1, 0.15) is 44.9 Å². The maximum absolute atomic E-state index is 13.3. The lowest BCUT2D eigenvalue weighted by Gasteiger charge is -2.40. The van der Waals surface area contributed by atoms with E-state index in [1.54, 1.807) is 16.4 Å². The average Bonchev–Trinajstić information content (AvgIpc) is 3.66. The Morgan fingerprint density at radius 2 is 1.49 bits per heavy atom. The Morgan fingerprint density at radius 1 is 0.829 bits per heavy atom. The quantitative estimate of drug-likeness (QED) is 0.584. The third kappa shape index (κ3) is 3.72. The lowest BCUT2D eigenvalue weighted by Crippen LogP contribution is -2.49. The van der Waals surface area contributed by atoms with Crippen molar-refractivity contribution in [3.05, 3.63) is 24.3 Å². The van der Waals surface area contributed by atoms with Crippen LogP contribution in [0.4, 0.5) is 5.82 Å². The highest BCUT2D eigenvalue weighted by molar-refractivity contribution is 7.13. The third-order valence-electron chi connectivity index (χ3n) is 10.0. The van der Waals surface area contributed by atoms with Crippen LogP contribution in [0, 0.1) is 35.5 Å². The van der Waals surface area contributed by atoms with Gasteiger partial charge in [0, 0.05) is 44.7 Å². The Balaban J connectivity index is 0.986. The van der Waals surface area contributed by atoms with Gasteiger partial charge in [-0.25, -0.2) is 0 Å². The number of carbonyl (C=O) groups is 2. The number of fused-ring (bicyclic) bond motifs is 6. The van der Waals surface area contributed by atoms with Gasteiger partial charge in [0.05, 0.1) is 16.5 Å². The van der Waals surface area contributed by atoms with E-state index >= 15 is 0 Å². The Kier molecular flexibility index (Phi) is 5.61. The summed E-state index contributed by atoms with van der Waals surface area (Å²) in [4.78, 5) is 33.4. The van der Waals surface area contributed by atoms with Crippen molar-refractivity contribution < 1.29 is 9.59 Å². The molecule has 7 heteroatoms. The van der Waals surface area contributed by atoms with Crippen molar-refractivity contribution >= 4 is 39.3 Å². The first kappa shape index (κ1) is 22.2. The molecule has 3 heterocycles. The van der Waals surface area contributed by atoms with Gasteiger partial charge >= 0.3 is 0 Å². The Labute approximate surface area is 211 Å². The second-order valence-electron chi connectivity index (χ2n) is 11.8. The summed E-state index contributed by atoms with van der Waals surface area (Å²) in [5.41, 5.74) is 0. The zero-order chi connectivity index (χ0) is 23.5. The molecule has 0 N–H and O–H groups in total. The van der Waals surface area contributed by atoms with Gasteiger partial charge in [-0.05, 0) is 79.4 Å². The number of likely N-dealkylation sites (tertiary alicyclic amines) is 1. The molecule has 1 unspecified atom stereocenters. The zero-order valence-corrected chi connectivity index (χ0v) is 21.3. The normalized spacial score (nSPS) is 35.4. The molecule has 6 atom stereocenters. The summed E-state index contributed by atoms with van der Waals surface area (Å²) < 4.78 is 6.02. The van der Waals surface area contributed by atoms with Gasteiger partial charge < -0.3 is 4.90 Å². The van der Waals surface area contributed by atoms with E-state index in [1.165, 1.54) is 29.3 Å². The lowest BCUT2D eigenvalue weighted by molar-refractivity contribution is -0.142. The smallest absolute Gasteiger partial charge is 0.233 e. The first-order valence-electron chi connectivity index (χ1n) is 13.8. The van der Waals surface area contributed by atoms with Crippen LogP contribution in [0.5, 0.6) is 0 Å². The number of imide groups is 1. The summed E-state index contributed by atoms with van der Waals surface area (Å²) in [6.07, 6.45) is 8.35. The maximum atomic E-state index is 13.3. The van der Waals surface area contributed by atoms with Crippen LogP contribution in [0.15, 0.2) is 24.3 Å². The first-order chi connectivity index (χ1) is 17.2. The van der Waals surface area contributed by atoms with Gasteiger partial charge in [-0.2, -0.15) is 4.37 Å². The Morgan fingerprint density at radius 3 is 2.20 bits per heavy atom. The largest absolute Gasteiger partial charge is 0.353 e. The number of nitrogens with zero attached hydrogens (tertiary/aromatic N) is 4. The number of aromatic nitrogens is 1. The van der Waals surface area contributed by atoms with Crippen LogP contribution in [0.2, 0.25) is 0 Å². The number of piperazine rings is 1. The summed E-state index contributed by atoms with van der Waals surface area (Å²) in [6.45, 7) is 5.93. The van der Waals surface area contributed by atoms with Crippen molar-refractivity contribution in [3.8, 4) is 0 Å². The topological polar surface area (TPSA) is 56.8 Å². The van der Waals surface area contributed by atoms with Gasteiger partial charge in [-0.1, -0.05) is 25.0 Å². The molecule has 0 radical (unpaired) electrons. The molecule has 2 bridgehead atoms. The molecule has 5 aliphatic rings. The highest BCUT2D eigenvalue weighted by atomic mass is 32.1. The fourth-order valence-electron chi connectivity index (χ4n) is 8.22. The molecular formula is C28H36N4O2S. The Hall–Kier alpha value is -1.99. The van der Waals surface area contributed by atoms with E-state index in [-0.39, 0.29) is 23.7 Å². The zero-order valence-electron chi connectivity index (χ0n) is 20.5. The predicted molar refractivity (Wildman–Crippen MR) is 138 cm³/mol. The monoisotopic (exact) mass is 492 g/mol. The standard InChI is InChI=1S/C28H36N4O2S/c33-27-24-18-9-10-19(15-18)25(24)28(34)32(27)17-21-6-2-1-5-20(21)16-30-11-13-31(14-12-30)26-22-7-3-4-8-23(22)35-29-26/h3-4,7-8,18-21,24-25H,1-2,5-6,9-17H2/t18-,19?,20+,21+,24-,25+/m1/s1. The number of amides is 2. The minimum atomic E-state index is 0.0261. The second-order valence-corrected chi connectivity index (χ2v) is 12.6. The summed E-state index contributed by atoms with van der Waals surface area (Å²) >= 11 is 1.60. The highest BCUT2D eigenvalue weighted by Gasteiger charge is 2.61. The molecule has 2 saturated heterocycles. The molecule has 6 nitrogen and oxygen atoms in total. The van der Waals surface area contributed by atoms with Crippen LogP contribution in [-0.2, 0) is 9.59 Å². The van der Waals surface area contributed by atoms with Gasteiger partial charge in [-0.15, -0.1) is 0 Å². The first-order valence-corrected chi connectivity index (χ1v) is 14.6. The molecule has 2 amide bonds. The van der Waals surface area contributed by atoms with Gasteiger partial charge in [-0.3, -0.25) is 19.4 Å². The summed E-state index contributed by atoms with van der Waals surface area (Å²) in [6, 6.07) is 8.54. The second kappa shape index (κ2) is 8.84. The SMILES string of the molecule is O=C1[C@@H]2[C@@H]3CCC(C3)[C@@H]2C(=O)N1C[C@@H]1CCCC[C@H]1CN1CCN(c2nsc3ccccc23)CC1. The van der Waals surface area contributed by atoms with Gasteiger partial charge in [0.15, 0.2) is 0 Å². The molecule has 7 rings (SSSR count). The lowest BCUT2D eigenvalue weighted by atomic mass is 9.78. The van der Waals surface area contributed by atoms with Gasteiger partial charge in [0.25, 0.3) is 0 Å². The number of carbonyl (C=O) groups excluding carboxylic acids is 2. The van der Waals surface area contributed by atoms with Crippen LogP contribution in [-0.4, -0.2) is 65.3 Å². The minimum Gasteiger partial charge on any atom is -0.353 e. The molecule has 186 valence electrons. The summed E-state index contributed by atoms with van der Waals surface area (Å²) in [5, 5.41) is 1.27. The van der Waals surface area contributed by atoms with Crippen LogP contribution >= 0.6 is 11.5 Å². The highest BCUT2D eigenvalue weighted by Crippen LogP contribution is 2.56. The van der Waals surface area contributed by atoms with E-state index in [0.29, 0.717) is 30.2 Å². The fraction of sp³-hybridized carbons (Fsp3) is 0.679. The summed E-state index contributed by atoms with van der Waals surface area (Å²) in [7, 11) is 0. The van der Waals surface area contributed by atoms with Crippen LogP contribution < -0.4 is 4.90 Å². The minimum absolute atomic E-state index is 0.0261. The number of rotatable bonds is 5. The van der Waals surface area contributed by atoms with Crippen molar-refractivity contribution in [1.82, 2.24) is 14.2 Å². The number of anilines is 1. The van der Waals surface area contributed by atoms with Crippen molar-refractivity contribution in [2.24, 2.45) is 35.5 Å². The van der Waals surface area contributed by atoms with E-state index in [0.717, 1.165) is 64.2 Å². The molecule has 35 heavy (non-hydrogen) atoms. The average molecular weight is 493 g/mol. The van der Waals surface area contributed by atoms with Crippen molar-refractivity contribution in [3.63, 3.8) is 0 Å². The van der Waals surface area contributed by atoms with Crippen LogP contribution in [0.25, 0.3) is 10.1 Å². The number of hydrogen-bond donors (Lipinski definition) is 0. The number of benzene rings is 1. The molecule has 2 aliphatic heterocycles. The van der Waals surface area contributed by atoms with Crippen molar-refractivity contribution in [1.29, 1.82) is 0 Å². The van der Waals surface area contributed by atoms with E-state index in [1.807, 2.05) is 0 Å². The van der Waals surface area contributed by atoms with E-state index in [4.69, 9.17) is 4.37 Å². The van der Waals surface area contributed by atoms with Crippen molar-refractivity contribution in [2.45, 2.75) is 44.9 Å². The predicted octanol–water partition coefficient (Wildman–Crippen LogP) is 4.26. The molecule has 2 aromatic rings. The molecule has 5 fully saturated rings. The maximum Gasteiger partial charge on any atom is 0.233 e. The molecule has 3 aliphatic carbocycles. The molecule has 1 aromatic heterocycles. The molecule has 0 spiro atoms. The fourth-order valence-corrected chi connectivity index (χ4v) is 9.02. The van der Waals surface area contributed by atoms with Crippen molar-refractivity contribution in [2.75, 3.05) is 44.2 Å². The van der Waals surface area contributed by atoms with Gasteiger partial charge in [0.1, 0.15) is 5.82 Å². The van der Waals surface area contributed by atoms with Crippen LogP contribution in [0.3, 0.4) is 0 Å². The summed E-state index contributed by atoms with van der Waals surface area (Å²) in [5.74, 6) is 3.59. The van der Waals surface area contributed by atoms with E-state index in [2.05, 4.69) is 34.1 Å². The molecule has 3 saturated carbocycles. The van der Waals surface area contributed by atoms with E-state index in [9.17, 15) is 9.59 Å². The van der Waals surface area contributed by atoms with Gasteiger partial charge in [0.2, 0.25) is 11.8 Å². The number of hydrogen-bond acceptors (Lipinski definition) is 6. The third-order valence-corrected chi connectivity index (χ3v) is 10.8. The van der Waals surface area contributed by atoms with E-state index < -0.39 is 0 Å².